The van der Waals surface area contributed by atoms with E-state index in [-0.39, 0.29) is 5.91 Å². The molecule has 1 heterocycles. The number of rotatable bonds is 7. The second-order valence-electron chi connectivity index (χ2n) is 5.50. The summed E-state index contributed by atoms with van der Waals surface area (Å²) in [7, 11) is 1.64. The van der Waals surface area contributed by atoms with Crippen molar-refractivity contribution < 1.29 is 9.53 Å². The van der Waals surface area contributed by atoms with Crippen LogP contribution in [0.25, 0.3) is 16.9 Å². The van der Waals surface area contributed by atoms with Gasteiger partial charge in [0.1, 0.15) is 5.69 Å². The van der Waals surface area contributed by atoms with Gasteiger partial charge in [-0.1, -0.05) is 53.7 Å². The first kappa shape index (κ1) is 16.9. The standard InChI is InChI=1S/C19H20N4O2/c1-25-14-8-13-20-19(24)17-18(15-9-4-2-5-10-15)23(22-21-17)16-11-6-3-7-12-16/h2-7,9-12H,8,13-14H2,1H3,(H,20,24). The molecule has 1 N–H and O–H groups in total. The van der Waals surface area contributed by atoms with Crippen LogP contribution in [0.5, 0.6) is 0 Å². The van der Waals surface area contributed by atoms with Gasteiger partial charge in [-0.25, -0.2) is 4.68 Å². The van der Waals surface area contributed by atoms with Crippen molar-refractivity contribution in [1.29, 1.82) is 0 Å². The van der Waals surface area contributed by atoms with Gasteiger partial charge in [0.2, 0.25) is 0 Å². The van der Waals surface area contributed by atoms with Crippen molar-refractivity contribution in [2.24, 2.45) is 0 Å². The van der Waals surface area contributed by atoms with Gasteiger partial charge in [0.05, 0.1) is 5.69 Å². The number of nitrogens with one attached hydrogen (secondary N) is 1. The molecule has 1 aromatic heterocycles. The SMILES string of the molecule is COCCCNC(=O)c1nnn(-c2ccccc2)c1-c1ccccc1. The Labute approximate surface area is 146 Å². The number of methoxy groups -OCH3 is 1. The Bertz CT molecular complexity index is 816. The van der Waals surface area contributed by atoms with Gasteiger partial charge in [0.25, 0.3) is 5.91 Å². The van der Waals surface area contributed by atoms with Crippen molar-refractivity contribution in [3.8, 4) is 16.9 Å². The number of hydrogen-bond donors (Lipinski definition) is 1. The van der Waals surface area contributed by atoms with Crippen LogP contribution in [0.4, 0.5) is 0 Å². The number of carbonyl (C=O) groups excluding carboxylic acids is 1. The summed E-state index contributed by atoms with van der Waals surface area (Å²) >= 11 is 0. The van der Waals surface area contributed by atoms with E-state index in [1.807, 2.05) is 60.7 Å². The van der Waals surface area contributed by atoms with Crippen molar-refractivity contribution in [1.82, 2.24) is 20.3 Å². The fourth-order valence-electron chi connectivity index (χ4n) is 2.54. The van der Waals surface area contributed by atoms with Gasteiger partial charge in [0, 0.05) is 25.8 Å². The van der Waals surface area contributed by atoms with Crippen LogP contribution < -0.4 is 5.32 Å². The van der Waals surface area contributed by atoms with Crippen molar-refractivity contribution in [3.63, 3.8) is 0 Å². The molecule has 0 fully saturated rings. The zero-order valence-electron chi connectivity index (χ0n) is 14.1. The van der Waals surface area contributed by atoms with Crippen molar-refractivity contribution in [3.05, 3.63) is 66.4 Å². The van der Waals surface area contributed by atoms with Crippen LogP contribution in [-0.2, 0) is 4.74 Å². The van der Waals surface area contributed by atoms with Crippen LogP contribution >= 0.6 is 0 Å². The molecule has 0 spiro atoms. The zero-order chi connectivity index (χ0) is 17.5. The lowest BCUT2D eigenvalue weighted by Gasteiger charge is -2.09. The molecule has 6 heteroatoms. The number of aromatic nitrogens is 3. The molecule has 25 heavy (non-hydrogen) atoms. The Hall–Kier alpha value is -2.99. The second kappa shape index (κ2) is 8.21. The summed E-state index contributed by atoms with van der Waals surface area (Å²) in [6, 6.07) is 19.3. The maximum Gasteiger partial charge on any atom is 0.274 e. The molecular weight excluding hydrogens is 316 g/mol. The van der Waals surface area contributed by atoms with Crippen LogP contribution in [0.3, 0.4) is 0 Å². The Morgan fingerprint density at radius 2 is 1.76 bits per heavy atom. The number of benzene rings is 2. The van der Waals surface area contributed by atoms with Crippen LogP contribution in [0.15, 0.2) is 60.7 Å². The fraction of sp³-hybridized carbons (Fsp3) is 0.211. The van der Waals surface area contributed by atoms with Crippen molar-refractivity contribution >= 4 is 5.91 Å². The van der Waals surface area contributed by atoms with Crippen LogP contribution in [0.1, 0.15) is 16.9 Å². The molecule has 2 aromatic carbocycles. The lowest BCUT2D eigenvalue weighted by atomic mass is 10.1. The van der Waals surface area contributed by atoms with Crippen molar-refractivity contribution in [2.75, 3.05) is 20.3 Å². The molecule has 0 bridgehead atoms. The molecule has 1 amide bonds. The first-order valence-corrected chi connectivity index (χ1v) is 8.15. The molecule has 3 rings (SSSR count). The minimum absolute atomic E-state index is 0.239. The number of ether oxygens (including phenoxy) is 1. The number of nitrogens with zero attached hydrogens (tertiary/aromatic N) is 3. The largest absolute Gasteiger partial charge is 0.385 e. The minimum atomic E-state index is -0.239. The minimum Gasteiger partial charge on any atom is -0.385 e. The molecule has 0 radical (unpaired) electrons. The molecule has 0 saturated heterocycles. The molecule has 0 atom stereocenters. The average Bonchev–Trinajstić information content (AvgIpc) is 3.12. The van der Waals surface area contributed by atoms with Gasteiger partial charge >= 0.3 is 0 Å². The summed E-state index contributed by atoms with van der Waals surface area (Å²) in [4.78, 5) is 12.6. The molecule has 0 aliphatic rings. The molecular formula is C19H20N4O2. The fourth-order valence-corrected chi connectivity index (χ4v) is 2.54. The summed E-state index contributed by atoms with van der Waals surface area (Å²) in [5, 5.41) is 11.2. The topological polar surface area (TPSA) is 69.0 Å². The molecule has 0 aliphatic heterocycles. The number of amides is 1. The third-order valence-corrected chi connectivity index (χ3v) is 3.74. The lowest BCUT2D eigenvalue weighted by molar-refractivity contribution is 0.0944. The summed E-state index contributed by atoms with van der Waals surface area (Å²) in [5.74, 6) is -0.239. The maximum absolute atomic E-state index is 12.6. The van der Waals surface area contributed by atoms with Crippen molar-refractivity contribution in [2.45, 2.75) is 6.42 Å². The molecule has 128 valence electrons. The van der Waals surface area contributed by atoms with E-state index in [1.165, 1.54) is 0 Å². The van der Waals surface area contributed by atoms with Gasteiger partial charge in [-0.15, -0.1) is 5.10 Å². The Balaban J connectivity index is 1.96. The summed E-state index contributed by atoms with van der Waals surface area (Å²) in [6.07, 6.45) is 0.746. The van der Waals surface area contributed by atoms with Gasteiger partial charge in [-0.05, 0) is 18.6 Å². The summed E-state index contributed by atoms with van der Waals surface area (Å²) in [6.45, 7) is 1.13. The predicted octanol–water partition coefficient (Wildman–Crippen LogP) is 2.70. The van der Waals surface area contributed by atoms with Gasteiger partial charge in [-0.3, -0.25) is 4.79 Å². The van der Waals surface area contributed by atoms with Crippen LogP contribution in [-0.4, -0.2) is 41.2 Å². The van der Waals surface area contributed by atoms with Crippen LogP contribution in [0.2, 0.25) is 0 Å². The van der Waals surface area contributed by atoms with E-state index in [1.54, 1.807) is 11.8 Å². The van der Waals surface area contributed by atoms with Gasteiger partial charge in [0.15, 0.2) is 5.69 Å². The van der Waals surface area contributed by atoms with E-state index in [0.717, 1.165) is 17.7 Å². The summed E-state index contributed by atoms with van der Waals surface area (Å²) < 4.78 is 6.69. The first-order chi connectivity index (χ1) is 12.3. The van der Waals surface area contributed by atoms with Gasteiger partial charge < -0.3 is 10.1 Å². The second-order valence-corrected chi connectivity index (χ2v) is 5.50. The quantitative estimate of drug-likeness (QED) is 0.674. The summed E-state index contributed by atoms with van der Waals surface area (Å²) in [5.41, 5.74) is 2.73. The molecule has 0 unspecified atom stereocenters. The van der Waals surface area contributed by atoms with Gasteiger partial charge in [-0.2, -0.15) is 0 Å². The third kappa shape index (κ3) is 3.92. The lowest BCUT2D eigenvalue weighted by Crippen LogP contribution is -2.26. The van der Waals surface area contributed by atoms with E-state index < -0.39 is 0 Å². The highest BCUT2D eigenvalue weighted by molar-refractivity contribution is 5.98. The highest BCUT2D eigenvalue weighted by atomic mass is 16.5. The Morgan fingerprint density at radius 1 is 1.08 bits per heavy atom. The molecule has 0 saturated carbocycles. The Kier molecular flexibility index (Phi) is 5.53. The molecule has 6 nitrogen and oxygen atoms in total. The zero-order valence-corrected chi connectivity index (χ0v) is 14.1. The Morgan fingerprint density at radius 3 is 2.44 bits per heavy atom. The molecule has 0 aliphatic carbocycles. The van der Waals surface area contributed by atoms with E-state index in [0.29, 0.717) is 24.5 Å². The number of hydrogen-bond acceptors (Lipinski definition) is 4. The highest BCUT2D eigenvalue weighted by Gasteiger charge is 2.21. The predicted molar refractivity (Wildman–Crippen MR) is 95.6 cm³/mol. The monoisotopic (exact) mass is 336 g/mol. The van der Waals surface area contributed by atoms with E-state index in [4.69, 9.17) is 4.74 Å². The first-order valence-electron chi connectivity index (χ1n) is 8.15. The normalized spacial score (nSPS) is 10.6. The number of carbonyl (C=O) groups is 1. The van der Waals surface area contributed by atoms with Crippen LogP contribution in [0, 0.1) is 0 Å². The third-order valence-electron chi connectivity index (χ3n) is 3.74. The average molecular weight is 336 g/mol. The molecule has 3 aromatic rings. The van der Waals surface area contributed by atoms with E-state index in [9.17, 15) is 4.79 Å². The van der Waals surface area contributed by atoms with E-state index >= 15 is 0 Å². The van der Waals surface area contributed by atoms with E-state index in [2.05, 4.69) is 15.6 Å². The smallest absolute Gasteiger partial charge is 0.274 e. The number of para-hydroxylation sites is 1. The maximum atomic E-state index is 12.6. The highest BCUT2D eigenvalue weighted by Crippen LogP contribution is 2.25.